The van der Waals surface area contributed by atoms with Gasteiger partial charge in [-0.1, -0.05) is 12.2 Å². The van der Waals surface area contributed by atoms with Crippen molar-refractivity contribution in [3.05, 3.63) is 41.5 Å². The fraction of sp³-hybridized carbons (Fsp3) is 0.455. The molecule has 0 saturated heterocycles. The molecule has 0 atom stereocenters. The van der Waals surface area contributed by atoms with Gasteiger partial charge in [-0.3, -0.25) is 9.59 Å². The molecule has 8 nitrogen and oxygen atoms in total. The molecule has 1 aromatic rings. The minimum Gasteiger partial charge on any atom is -0.490 e. The summed E-state index contributed by atoms with van der Waals surface area (Å²) in [6, 6.07) is 1.49. The second-order valence-electron chi connectivity index (χ2n) is 7.46. The van der Waals surface area contributed by atoms with Crippen molar-refractivity contribution < 1.29 is 46.4 Å². The number of carbonyl (C=O) groups excluding carboxylic acids is 2. The lowest BCUT2D eigenvalue weighted by molar-refractivity contribution is -0.186. The number of fused-ring (bicyclic) bond motifs is 2. The smallest absolute Gasteiger partial charge is 0.471 e. The molecule has 1 aliphatic carbocycles. The van der Waals surface area contributed by atoms with Gasteiger partial charge >= 0.3 is 12.1 Å². The first-order valence-electron chi connectivity index (χ1n) is 9.93. The number of allylic oxidation sites excluding steroid dienone is 4. The van der Waals surface area contributed by atoms with E-state index < -0.39 is 17.5 Å². The van der Waals surface area contributed by atoms with Gasteiger partial charge in [0.1, 0.15) is 0 Å². The summed E-state index contributed by atoms with van der Waals surface area (Å²) >= 11 is 0. The maximum atomic E-state index is 13.3. The summed E-state index contributed by atoms with van der Waals surface area (Å²) < 4.78 is 66.7. The van der Waals surface area contributed by atoms with Gasteiger partial charge in [0.05, 0.1) is 7.11 Å². The number of hydrogen-bond acceptors (Lipinski definition) is 7. The monoisotopic (exact) mass is 471 g/mol. The van der Waals surface area contributed by atoms with Gasteiger partial charge < -0.3 is 28.6 Å². The van der Waals surface area contributed by atoms with Crippen LogP contribution < -0.4 is 14.2 Å². The zero-order valence-electron chi connectivity index (χ0n) is 18.4. The first kappa shape index (κ1) is 24.6. The molecule has 0 saturated carbocycles. The highest BCUT2D eigenvalue weighted by molar-refractivity contribution is 6.01. The minimum absolute atomic E-state index is 0.0763. The van der Waals surface area contributed by atoms with Crippen LogP contribution in [0.1, 0.15) is 17.5 Å². The van der Waals surface area contributed by atoms with E-state index in [1.165, 1.54) is 39.5 Å². The second kappa shape index (κ2) is 9.84. The molecule has 2 aliphatic rings. The van der Waals surface area contributed by atoms with Crippen LogP contribution in [0, 0.1) is 0 Å². The molecular formula is C22H24F3NO7. The zero-order valence-corrected chi connectivity index (χ0v) is 18.4. The van der Waals surface area contributed by atoms with Crippen molar-refractivity contribution in [1.29, 1.82) is 0 Å². The number of benzene rings is 1. The normalized spacial score (nSPS) is 17.0. The molecule has 0 N–H and O–H groups in total. The van der Waals surface area contributed by atoms with E-state index >= 15 is 0 Å². The first-order chi connectivity index (χ1) is 15.7. The van der Waals surface area contributed by atoms with Gasteiger partial charge in [-0.15, -0.1) is 0 Å². The highest BCUT2D eigenvalue weighted by Gasteiger charge is 2.46. The van der Waals surface area contributed by atoms with E-state index in [1.807, 2.05) is 0 Å². The van der Waals surface area contributed by atoms with Crippen molar-refractivity contribution >= 4 is 11.7 Å². The van der Waals surface area contributed by atoms with E-state index in [9.17, 15) is 22.8 Å². The quantitative estimate of drug-likeness (QED) is 0.566. The topological polar surface area (TPSA) is 83.5 Å². The molecule has 180 valence electrons. The number of nitrogens with zero attached hydrogens (tertiary/aromatic N) is 1. The lowest BCUT2D eigenvalue weighted by atomic mass is 9.73. The Labute approximate surface area is 188 Å². The summed E-state index contributed by atoms with van der Waals surface area (Å²) in [5, 5.41) is 0. The number of ether oxygens (including phenoxy) is 5. The fourth-order valence-electron chi connectivity index (χ4n) is 3.97. The van der Waals surface area contributed by atoms with Gasteiger partial charge in [-0.05, 0) is 30.2 Å². The van der Waals surface area contributed by atoms with Gasteiger partial charge in [0, 0.05) is 38.3 Å². The number of methoxy groups -OCH3 is 3. The van der Waals surface area contributed by atoms with E-state index in [0.717, 1.165) is 4.90 Å². The average Bonchev–Trinajstić information content (AvgIpc) is 2.93. The Balaban J connectivity index is 2.27. The molecule has 3 rings (SSSR count). The molecule has 0 radical (unpaired) electrons. The Bertz CT molecular complexity index is 956. The van der Waals surface area contributed by atoms with E-state index in [4.69, 9.17) is 23.7 Å². The number of amides is 1. The van der Waals surface area contributed by atoms with E-state index in [2.05, 4.69) is 0 Å². The number of halogens is 3. The van der Waals surface area contributed by atoms with Gasteiger partial charge in [0.2, 0.25) is 5.75 Å². The summed E-state index contributed by atoms with van der Waals surface area (Å²) in [7, 11) is 4.21. The van der Waals surface area contributed by atoms with Gasteiger partial charge in [-0.25, -0.2) is 0 Å². The number of rotatable bonds is 7. The van der Waals surface area contributed by atoms with Crippen LogP contribution in [-0.2, 0) is 31.0 Å². The molecule has 1 amide bonds. The Morgan fingerprint density at radius 1 is 1.06 bits per heavy atom. The molecule has 11 heteroatoms. The van der Waals surface area contributed by atoms with Gasteiger partial charge in [-0.2, -0.15) is 13.2 Å². The first-order valence-corrected chi connectivity index (χ1v) is 9.93. The minimum atomic E-state index is -5.04. The molecule has 1 heterocycles. The highest BCUT2D eigenvalue weighted by Crippen LogP contribution is 2.51. The van der Waals surface area contributed by atoms with Crippen molar-refractivity contribution in [2.75, 3.05) is 41.5 Å². The number of ketones is 1. The molecule has 0 fully saturated rings. The Morgan fingerprint density at radius 3 is 2.27 bits per heavy atom. The lowest BCUT2D eigenvalue weighted by Crippen LogP contribution is -2.41. The third kappa shape index (κ3) is 4.98. The van der Waals surface area contributed by atoms with Gasteiger partial charge in [0.15, 0.2) is 30.9 Å². The molecule has 0 bridgehead atoms. The van der Waals surface area contributed by atoms with Crippen molar-refractivity contribution in [3.8, 4) is 17.2 Å². The molecule has 1 aromatic carbocycles. The third-order valence-corrected chi connectivity index (χ3v) is 5.38. The predicted octanol–water partition coefficient (Wildman–Crippen LogP) is 2.89. The molecule has 0 unspecified atom stereocenters. The summed E-state index contributed by atoms with van der Waals surface area (Å²) in [5.74, 6) is -1.72. The van der Waals surface area contributed by atoms with Crippen LogP contribution in [0.5, 0.6) is 17.2 Å². The Kier molecular flexibility index (Phi) is 7.33. The average molecular weight is 471 g/mol. The second-order valence-corrected chi connectivity index (χ2v) is 7.46. The summed E-state index contributed by atoms with van der Waals surface area (Å²) in [6.07, 6.45) is 0.922. The Hall–Kier alpha value is -3.05. The van der Waals surface area contributed by atoms with Crippen molar-refractivity contribution in [3.63, 3.8) is 0 Å². The third-order valence-electron chi connectivity index (χ3n) is 5.38. The van der Waals surface area contributed by atoms with Crippen molar-refractivity contribution in [2.24, 2.45) is 0 Å². The number of alkyl halides is 3. The van der Waals surface area contributed by atoms with E-state index in [-0.39, 0.29) is 56.1 Å². The predicted molar refractivity (Wildman–Crippen MR) is 109 cm³/mol. The zero-order chi connectivity index (χ0) is 24.2. The van der Waals surface area contributed by atoms with E-state index in [1.54, 1.807) is 12.2 Å². The Morgan fingerprint density at radius 2 is 1.70 bits per heavy atom. The van der Waals surface area contributed by atoms with Crippen LogP contribution in [-0.4, -0.2) is 64.2 Å². The van der Waals surface area contributed by atoms with Gasteiger partial charge in [0.25, 0.3) is 0 Å². The fourth-order valence-corrected chi connectivity index (χ4v) is 3.97. The van der Waals surface area contributed by atoms with Crippen LogP contribution in [0.15, 0.2) is 30.4 Å². The SMILES string of the molecule is COCOc1cc2c(c(OCOC)c1OC)C1(C=CC(=O)C=C1)CCN(C(=O)C(F)(F)F)C2. The maximum Gasteiger partial charge on any atom is 0.471 e. The maximum absolute atomic E-state index is 13.3. The number of hydrogen-bond donors (Lipinski definition) is 0. The van der Waals surface area contributed by atoms with Crippen molar-refractivity contribution in [1.82, 2.24) is 4.90 Å². The highest BCUT2D eigenvalue weighted by atomic mass is 19.4. The molecule has 1 spiro atoms. The van der Waals surface area contributed by atoms with Crippen LogP contribution in [0.25, 0.3) is 0 Å². The molecule has 33 heavy (non-hydrogen) atoms. The van der Waals surface area contributed by atoms with Crippen molar-refractivity contribution in [2.45, 2.75) is 24.6 Å². The molecule has 1 aliphatic heterocycles. The summed E-state index contributed by atoms with van der Waals surface area (Å²) in [6.45, 7) is -0.925. The largest absolute Gasteiger partial charge is 0.490 e. The van der Waals surface area contributed by atoms with Crippen LogP contribution in [0.3, 0.4) is 0 Å². The van der Waals surface area contributed by atoms with Crippen LogP contribution >= 0.6 is 0 Å². The summed E-state index contributed by atoms with van der Waals surface area (Å²) in [4.78, 5) is 24.7. The van der Waals surface area contributed by atoms with E-state index in [0.29, 0.717) is 11.1 Å². The standard InChI is InChI=1S/C22H24F3NO7/c1-29-12-32-16-10-14-11-26(20(28)22(23,24)25)9-8-21(6-4-15(27)5-7-21)17(14)19(18(16)31-3)33-13-30-2/h4-7,10H,8-9,11-13H2,1-3H3. The summed E-state index contributed by atoms with van der Waals surface area (Å²) in [5.41, 5.74) is -0.231. The number of carbonyl (C=O) groups is 2. The lowest BCUT2D eigenvalue weighted by Gasteiger charge is -2.32. The molecular weight excluding hydrogens is 447 g/mol. The van der Waals surface area contributed by atoms with Crippen LogP contribution in [0.2, 0.25) is 0 Å². The van der Waals surface area contributed by atoms with Crippen LogP contribution in [0.4, 0.5) is 13.2 Å². The molecule has 0 aromatic heterocycles.